The van der Waals surface area contributed by atoms with Gasteiger partial charge >= 0.3 is 11.8 Å². The zero-order valence-electron chi connectivity index (χ0n) is 10.9. The predicted molar refractivity (Wildman–Crippen MR) is 71.8 cm³/mol. The molecular formula is C14H18N2O3. The van der Waals surface area contributed by atoms with Gasteiger partial charge in [0.2, 0.25) is 0 Å². The highest BCUT2D eigenvalue weighted by Crippen LogP contribution is 2.13. The molecule has 1 aromatic carbocycles. The van der Waals surface area contributed by atoms with E-state index in [-0.39, 0.29) is 6.10 Å². The smallest absolute Gasteiger partial charge is 0.313 e. The quantitative estimate of drug-likeness (QED) is 0.805. The molecule has 1 heterocycles. The number of amides is 2. The third-order valence-corrected chi connectivity index (χ3v) is 3.11. The zero-order valence-corrected chi connectivity index (χ0v) is 10.9. The second-order valence-electron chi connectivity index (χ2n) is 4.61. The van der Waals surface area contributed by atoms with Crippen LogP contribution in [0.1, 0.15) is 18.4 Å². The summed E-state index contributed by atoms with van der Waals surface area (Å²) < 4.78 is 5.37. The molecule has 5 nitrogen and oxygen atoms in total. The number of nitrogens with one attached hydrogen (secondary N) is 2. The molecule has 0 aliphatic carbocycles. The van der Waals surface area contributed by atoms with Crippen molar-refractivity contribution in [1.29, 1.82) is 0 Å². The predicted octanol–water partition coefficient (Wildman–Crippen LogP) is 1.23. The lowest BCUT2D eigenvalue weighted by Crippen LogP contribution is -2.39. The molecule has 0 bridgehead atoms. The molecule has 1 aliphatic heterocycles. The number of carbonyl (C=O) groups is 2. The third kappa shape index (κ3) is 3.79. The number of anilines is 1. The normalized spacial score (nSPS) is 18.1. The Balaban J connectivity index is 1.82. The van der Waals surface area contributed by atoms with Gasteiger partial charge in [0.15, 0.2) is 0 Å². The van der Waals surface area contributed by atoms with Crippen LogP contribution < -0.4 is 10.6 Å². The number of hydrogen-bond acceptors (Lipinski definition) is 3. The Morgan fingerprint density at radius 1 is 1.32 bits per heavy atom. The van der Waals surface area contributed by atoms with Gasteiger partial charge in [-0.1, -0.05) is 18.2 Å². The van der Waals surface area contributed by atoms with Gasteiger partial charge < -0.3 is 15.4 Å². The van der Waals surface area contributed by atoms with Crippen LogP contribution in [0.3, 0.4) is 0 Å². The highest BCUT2D eigenvalue weighted by Gasteiger charge is 2.19. The summed E-state index contributed by atoms with van der Waals surface area (Å²) in [6, 6.07) is 7.33. The molecule has 2 amide bonds. The van der Waals surface area contributed by atoms with Crippen molar-refractivity contribution in [3.63, 3.8) is 0 Å². The third-order valence-electron chi connectivity index (χ3n) is 3.11. The highest BCUT2D eigenvalue weighted by atomic mass is 16.5. The van der Waals surface area contributed by atoms with Crippen LogP contribution in [-0.4, -0.2) is 31.1 Å². The lowest BCUT2D eigenvalue weighted by atomic mass is 10.2. The van der Waals surface area contributed by atoms with E-state index in [1.54, 1.807) is 6.07 Å². The fourth-order valence-corrected chi connectivity index (χ4v) is 1.98. The van der Waals surface area contributed by atoms with E-state index in [4.69, 9.17) is 4.74 Å². The lowest BCUT2D eigenvalue weighted by Gasteiger charge is -2.11. The summed E-state index contributed by atoms with van der Waals surface area (Å²) >= 11 is 0. The van der Waals surface area contributed by atoms with Crippen LogP contribution >= 0.6 is 0 Å². The standard InChI is InChI=1S/C14H18N2O3/c1-10-5-2-3-7-12(10)16-14(18)13(17)15-9-11-6-4-8-19-11/h2-3,5,7,11H,4,6,8-9H2,1H3,(H,15,17)(H,16,18). The second kappa shape index (κ2) is 6.33. The van der Waals surface area contributed by atoms with Crippen LogP contribution in [0.2, 0.25) is 0 Å². The van der Waals surface area contributed by atoms with Crippen molar-refractivity contribution in [2.45, 2.75) is 25.9 Å². The molecule has 19 heavy (non-hydrogen) atoms. The second-order valence-corrected chi connectivity index (χ2v) is 4.61. The van der Waals surface area contributed by atoms with Gasteiger partial charge in [0, 0.05) is 18.8 Å². The topological polar surface area (TPSA) is 67.4 Å². The molecule has 0 spiro atoms. The van der Waals surface area contributed by atoms with E-state index in [1.165, 1.54) is 0 Å². The molecule has 1 atom stereocenters. The van der Waals surface area contributed by atoms with Crippen molar-refractivity contribution >= 4 is 17.5 Å². The maximum atomic E-state index is 11.7. The van der Waals surface area contributed by atoms with Gasteiger partial charge in [-0.3, -0.25) is 9.59 Å². The van der Waals surface area contributed by atoms with Crippen LogP contribution in [0, 0.1) is 6.92 Å². The maximum absolute atomic E-state index is 11.7. The fraction of sp³-hybridized carbons (Fsp3) is 0.429. The molecule has 2 rings (SSSR count). The fourth-order valence-electron chi connectivity index (χ4n) is 1.98. The molecule has 1 saturated heterocycles. The molecule has 5 heteroatoms. The van der Waals surface area contributed by atoms with Gasteiger partial charge in [0.25, 0.3) is 0 Å². The van der Waals surface area contributed by atoms with Gasteiger partial charge in [0.05, 0.1) is 6.10 Å². The molecule has 1 aliphatic rings. The number of carbonyl (C=O) groups excluding carboxylic acids is 2. The minimum Gasteiger partial charge on any atom is -0.376 e. The van der Waals surface area contributed by atoms with Crippen molar-refractivity contribution in [2.75, 3.05) is 18.5 Å². The number of benzene rings is 1. The summed E-state index contributed by atoms with van der Waals surface area (Å²) in [5.74, 6) is -1.27. The van der Waals surface area contributed by atoms with Crippen LogP contribution in [0.5, 0.6) is 0 Å². The van der Waals surface area contributed by atoms with Crippen molar-refractivity contribution in [1.82, 2.24) is 5.32 Å². The minimum absolute atomic E-state index is 0.0372. The number of ether oxygens (including phenoxy) is 1. The van der Waals surface area contributed by atoms with E-state index >= 15 is 0 Å². The first-order valence-corrected chi connectivity index (χ1v) is 6.43. The molecule has 0 saturated carbocycles. The number of hydrogen-bond donors (Lipinski definition) is 2. The Morgan fingerprint density at radius 2 is 2.11 bits per heavy atom. The average molecular weight is 262 g/mol. The summed E-state index contributed by atoms with van der Waals surface area (Å²) in [5, 5.41) is 5.18. The SMILES string of the molecule is Cc1ccccc1NC(=O)C(=O)NCC1CCCO1. The van der Waals surface area contributed by atoms with Crippen LogP contribution in [0.4, 0.5) is 5.69 Å². The number of para-hydroxylation sites is 1. The van der Waals surface area contributed by atoms with E-state index < -0.39 is 11.8 Å². The van der Waals surface area contributed by atoms with Crippen LogP contribution in [0.25, 0.3) is 0 Å². The first kappa shape index (κ1) is 13.5. The van der Waals surface area contributed by atoms with Crippen molar-refractivity contribution in [2.24, 2.45) is 0 Å². The summed E-state index contributed by atoms with van der Waals surface area (Å²) in [7, 11) is 0. The number of rotatable bonds is 3. The molecule has 2 N–H and O–H groups in total. The molecular weight excluding hydrogens is 244 g/mol. The van der Waals surface area contributed by atoms with Gasteiger partial charge in [-0.25, -0.2) is 0 Å². The van der Waals surface area contributed by atoms with E-state index in [2.05, 4.69) is 10.6 Å². The van der Waals surface area contributed by atoms with E-state index in [9.17, 15) is 9.59 Å². The summed E-state index contributed by atoms with van der Waals surface area (Å²) in [6.45, 7) is 3.00. The Morgan fingerprint density at radius 3 is 2.79 bits per heavy atom. The van der Waals surface area contributed by atoms with Crippen LogP contribution in [-0.2, 0) is 14.3 Å². The van der Waals surface area contributed by atoms with Crippen molar-refractivity contribution < 1.29 is 14.3 Å². The van der Waals surface area contributed by atoms with Crippen molar-refractivity contribution in [3.8, 4) is 0 Å². The van der Waals surface area contributed by atoms with Gasteiger partial charge in [-0.05, 0) is 31.4 Å². The molecule has 1 aromatic rings. The van der Waals surface area contributed by atoms with Gasteiger partial charge in [0.1, 0.15) is 0 Å². The average Bonchev–Trinajstić information content (AvgIpc) is 2.91. The molecule has 1 unspecified atom stereocenters. The molecule has 0 aromatic heterocycles. The number of aryl methyl sites for hydroxylation is 1. The summed E-state index contributed by atoms with van der Waals surface area (Å²) in [4.78, 5) is 23.3. The lowest BCUT2D eigenvalue weighted by molar-refractivity contribution is -0.136. The van der Waals surface area contributed by atoms with Gasteiger partial charge in [-0.15, -0.1) is 0 Å². The molecule has 102 valence electrons. The Bertz CT molecular complexity index is 468. The Labute approximate surface area is 112 Å². The van der Waals surface area contributed by atoms with Gasteiger partial charge in [-0.2, -0.15) is 0 Å². The van der Waals surface area contributed by atoms with E-state index in [1.807, 2.05) is 25.1 Å². The first-order valence-electron chi connectivity index (χ1n) is 6.43. The summed E-state index contributed by atoms with van der Waals surface area (Å²) in [5.41, 5.74) is 1.57. The highest BCUT2D eigenvalue weighted by molar-refractivity contribution is 6.39. The first-order chi connectivity index (χ1) is 9.16. The van der Waals surface area contributed by atoms with Crippen molar-refractivity contribution in [3.05, 3.63) is 29.8 Å². The summed E-state index contributed by atoms with van der Waals surface area (Å²) in [6.07, 6.45) is 1.98. The minimum atomic E-state index is -0.646. The van der Waals surface area contributed by atoms with Crippen LogP contribution in [0.15, 0.2) is 24.3 Å². The molecule has 0 radical (unpaired) electrons. The molecule has 1 fully saturated rings. The van der Waals surface area contributed by atoms with E-state index in [0.29, 0.717) is 12.2 Å². The Kier molecular flexibility index (Phi) is 4.52. The maximum Gasteiger partial charge on any atom is 0.313 e. The largest absolute Gasteiger partial charge is 0.376 e. The monoisotopic (exact) mass is 262 g/mol. The van der Waals surface area contributed by atoms with E-state index in [0.717, 1.165) is 25.0 Å². The zero-order chi connectivity index (χ0) is 13.7. The Hall–Kier alpha value is -1.88.